The molecule has 2 aromatic carbocycles. The molecule has 2 rings (SSSR count). The zero-order chi connectivity index (χ0) is 26.0. The number of aliphatic hydroxyl groups excluding tert-OH is 1. The summed E-state index contributed by atoms with van der Waals surface area (Å²) in [5.74, 6) is -0.0365. The van der Waals surface area contributed by atoms with E-state index in [1.54, 1.807) is 23.9 Å². The lowest BCUT2D eigenvalue weighted by atomic mass is 10.0. The van der Waals surface area contributed by atoms with E-state index in [0.717, 1.165) is 29.1 Å². The van der Waals surface area contributed by atoms with E-state index in [9.17, 15) is 9.59 Å². The Morgan fingerprint density at radius 1 is 0.833 bits per heavy atom. The van der Waals surface area contributed by atoms with Gasteiger partial charge in [0, 0.05) is 22.3 Å². The number of rotatable bonds is 18. The standard InChI is InChI=1S/C29H39NO5S/c1-3-4-5-6-7-8-9-10-11-12-28(30-35-23(2)32)29(33)24-13-17-26(18-14-24)36-27-19-15-25(16-20-27)34-22-21-31/h13-20,31H,3-12,21-22H2,1-2H3. The normalized spacial score (nSPS) is 11.4. The van der Waals surface area contributed by atoms with Crippen LogP contribution in [0.5, 0.6) is 5.75 Å². The number of unbranched alkanes of at least 4 members (excludes halogenated alkanes) is 8. The number of hydrogen-bond donors (Lipinski definition) is 1. The summed E-state index contributed by atoms with van der Waals surface area (Å²) in [6.07, 6.45) is 11.2. The van der Waals surface area contributed by atoms with Gasteiger partial charge in [-0.2, -0.15) is 0 Å². The summed E-state index contributed by atoms with van der Waals surface area (Å²) < 4.78 is 5.39. The molecule has 1 N–H and O–H groups in total. The molecule has 0 bridgehead atoms. The van der Waals surface area contributed by atoms with Gasteiger partial charge >= 0.3 is 5.97 Å². The molecule has 2 aromatic rings. The average molecular weight is 514 g/mol. The number of ketones is 1. The van der Waals surface area contributed by atoms with Gasteiger partial charge in [0.1, 0.15) is 18.1 Å². The van der Waals surface area contributed by atoms with Crippen LogP contribution >= 0.6 is 11.8 Å². The number of aliphatic hydroxyl groups is 1. The molecule has 0 amide bonds. The van der Waals surface area contributed by atoms with Crippen molar-refractivity contribution in [3.05, 3.63) is 54.1 Å². The quantitative estimate of drug-likeness (QED) is 0.0744. The van der Waals surface area contributed by atoms with Crippen LogP contribution in [0.4, 0.5) is 0 Å². The Labute approximate surface area is 219 Å². The molecule has 0 radical (unpaired) electrons. The fourth-order valence-corrected chi connectivity index (χ4v) is 4.48. The molecule has 0 spiro atoms. The van der Waals surface area contributed by atoms with E-state index < -0.39 is 5.97 Å². The van der Waals surface area contributed by atoms with Crippen LogP contribution in [0.1, 0.15) is 88.4 Å². The van der Waals surface area contributed by atoms with Crippen LogP contribution in [0.15, 0.2) is 63.5 Å². The molecular formula is C29H39NO5S. The minimum Gasteiger partial charge on any atom is -0.491 e. The number of Topliss-reactive ketones (excluding diaryl/α,β-unsaturated/α-hetero) is 1. The summed E-state index contributed by atoms with van der Waals surface area (Å²) in [5.41, 5.74) is 0.806. The van der Waals surface area contributed by atoms with Gasteiger partial charge < -0.3 is 14.7 Å². The second-order valence-electron chi connectivity index (χ2n) is 8.70. The molecule has 0 fully saturated rings. The monoisotopic (exact) mass is 513 g/mol. The first-order valence-corrected chi connectivity index (χ1v) is 13.8. The van der Waals surface area contributed by atoms with Crippen LogP contribution in [0.2, 0.25) is 0 Å². The van der Waals surface area contributed by atoms with Crippen molar-refractivity contribution in [2.45, 2.75) is 87.8 Å². The van der Waals surface area contributed by atoms with Crippen LogP contribution < -0.4 is 4.74 Å². The van der Waals surface area contributed by atoms with Crippen LogP contribution in [-0.2, 0) is 9.63 Å². The Kier molecular flexibility index (Phi) is 14.6. The summed E-state index contributed by atoms with van der Waals surface area (Å²) in [7, 11) is 0. The molecule has 36 heavy (non-hydrogen) atoms. The maximum atomic E-state index is 13.1. The molecule has 0 aliphatic heterocycles. The van der Waals surface area contributed by atoms with Crippen LogP contribution in [0.25, 0.3) is 0 Å². The van der Waals surface area contributed by atoms with Crippen molar-refractivity contribution >= 4 is 29.2 Å². The SMILES string of the molecule is CCCCCCCCCCCC(=NOC(C)=O)C(=O)c1ccc(Sc2ccc(OCCO)cc2)cc1. The fraction of sp³-hybridized carbons (Fsp3) is 0.483. The van der Waals surface area contributed by atoms with Crippen molar-refractivity contribution in [1.29, 1.82) is 0 Å². The molecule has 0 saturated heterocycles. The molecule has 196 valence electrons. The summed E-state index contributed by atoms with van der Waals surface area (Å²) in [4.78, 5) is 31.2. The Hall–Kier alpha value is -2.64. The van der Waals surface area contributed by atoms with Gasteiger partial charge in [-0.05, 0) is 61.4 Å². The van der Waals surface area contributed by atoms with Gasteiger partial charge in [0.15, 0.2) is 0 Å². The van der Waals surface area contributed by atoms with E-state index in [0.29, 0.717) is 17.7 Å². The van der Waals surface area contributed by atoms with Crippen LogP contribution in [0, 0.1) is 0 Å². The zero-order valence-corrected chi connectivity index (χ0v) is 22.4. The lowest BCUT2D eigenvalue weighted by molar-refractivity contribution is -0.140. The Bertz CT molecular complexity index is 941. The molecule has 0 saturated carbocycles. The molecule has 7 heteroatoms. The van der Waals surface area contributed by atoms with Crippen LogP contribution in [0.3, 0.4) is 0 Å². The van der Waals surface area contributed by atoms with Gasteiger partial charge in [-0.15, -0.1) is 0 Å². The largest absolute Gasteiger partial charge is 0.491 e. The van der Waals surface area contributed by atoms with E-state index in [4.69, 9.17) is 14.7 Å². The number of hydrogen-bond acceptors (Lipinski definition) is 7. The number of benzene rings is 2. The van der Waals surface area contributed by atoms with Crippen molar-refractivity contribution in [2.24, 2.45) is 5.16 Å². The summed E-state index contributed by atoms with van der Waals surface area (Å²) in [6.45, 7) is 3.75. The maximum absolute atomic E-state index is 13.1. The zero-order valence-electron chi connectivity index (χ0n) is 21.5. The highest BCUT2D eigenvalue weighted by Crippen LogP contribution is 2.29. The number of oxime groups is 1. The number of nitrogens with zero attached hydrogens (tertiary/aromatic N) is 1. The predicted molar refractivity (Wildman–Crippen MR) is 145 cm³/mol. The second-order valence-corrected chi connectivity index (χ2v) is 9.85. The first kappa shape index (κ1) is 29.6. The van der Waals surface area contributed by atoms with Gasteiger partial charge in [0.25, 0.3) is 0 Å². The highest BCUT2D eigenvalue weighted by atomic mass is 32.2. The van der Waals surface area contributed by atoms with Gasteiger partial charge in [-0.25, -0.2) is 4.79 Å². The topological polar surface area (TPSA) is 85.2 Å². The first-order valence-electron chi connectivity index (χ1n) is 12.9. The summed E-state index contributed by atoms with van der Waals surface area (Å²) >= 11 is 1.57. The average Bonchev–Trinajstić information content (AvgIpc) is 2.89. The summed E-state index contributed by atoms with van der Waals surface area (Å²) in [6, 6.07) is 15.0. The van der Waals surface area contributed by atoms with Gasteiger partial charge in [-0.3, -0.25) is 4.79 Å². The lowest BCUT2D eigenvalue weighted by Gasteiger charge is -2.08. The second kappa shape index (κ2) is 17.7. The third kappa shape index (κ3) is 11.9. The minimum absolute atomic E-state index is 0.0198. The number of carbonyl (C=O) groups is 2. The third-order valence-corrected chi connectivity index (χ3v) is 6.62. The predicted octanol–water partition coefficient (Wildman–Crippen LogP) is 7.23. The van der Waals surface area contributed by atoms with Crippen molar-refractivity contribution in [2.75, 3.05) is 13.2 Å². The lowest BCUT2D eigenvalue weighted by Crippen LogP contribution is -2.16. The van der Waals surface area contributed by atoms with Crippen molar-refractivity contribution in [3.8, 4) is 5.75 Å². The van der Waals surface area contributed by atoms with Crippen LogP contribution in [-0.4, -0.2) is 35.8 Å². The van der Waals surface area contributed by atoms with Gasteiger partial charge in [0.05, 0.1) is 6.61 Å². The van der Waals surface area contributed by atoms with E-state index in [2.05, 4.69) is 12.1 Å². The molecule has 0 unspecified atom stereocenters. The highest BCUT2D eigenvalue weighted by molar-refractivity contribution is 7.99. The first-order chi connectivity index (χ1) is 17.5. The number of carbonyl (C=O) groups excluding carboxylic acids is 2. The Morgan fingerprint density at radius 2 is 1.39 bits per heavy atom. The minimum atomic E-state index is -0.535. The van der Waals surface area contributed by atoms with E-state index >= 15 is 0 Å². The van der Waals surface area contributed by atoms with Crippen molar-refractivity contribution in [1.82, 2.24) is 0 Å². The molecule has 0 atom stereocenters. The highest BCUT2D eigenvalue weighted by Gasteiger charge is 2.16. The molecule has 0 aliphatic carbocycles. The summed E-state index contributed by atoms with van der Waals surface area (Å²) in [5, 5.41) is 12.7. The molecule has 0 aromatic heterocycles. The third-order valence-electron chi connectivity index (χ3n) is 5.60. The van der Waals surface area contributed by atoms with Gasteiger partial charge in [0.2, 0.25) is 5.78 Å². The van der Waals surface area contributed by atoms with E-state index in [1.165, 1.54) is 45.4 Å². The molecular weight excluding hydrogens is 474 g/mol. The van der Waals surface area contributed by atoms with Gasteiger partial charge in [-0.1, -0.05) is 75.2 Å². The van der Waals surface area contributed by atoms with Crippen molar-refractivity contribution < 1.29 is 24.3 Å². The Balaban J connectivity index is 1.88. The molecule has 0 heterocycles. The molecule has 0 aliphatic rings. The smallest absolute Gasteiger partial charge is 0.331 e. The Morgan fingerprint density at radius 3 is 1.94 bits per heavy atom. The maximum Gasteiger partial charge on any atom is 0.331 e. The van der Waals surface area contributed by atoms with E-state index in [-0.39, 0.29) is 24.7 Å². The molecule has 6 nitrogen and oxygen atoms in total. The van der Waals surface area contributed by atoms with Crippen molar-refractivity contribution in [3.63, 3.8) is 0 Å². The fourth-order valence-electron chi connectivity index (χ4n) is 3.67. The van der Waals surface area contributed by atoms with E-state index in [1.807, 2.05) is 36.4 Å². The number of ether oxygens (including phenoxy) is 1.